The van der Waals surface area contributed by atoms with Crippen LogP contribution in [0.5, 0.6) is 0 Å². The molecule has 1 heterocycles. The predicted octanol–water partition coefficient (Wildman–Crippen LogP) is 3.49. The Balaban J connectivity index is 1.86. The molecule has 2 aromatic carbocycles. The van der Waals surface area contributed by atoms with Gasteiger partial charge in [0.05, 0.1) is 6.54 Å². The van der Waals surface area contributed by atoms with Crippen molar-refractivity contribution in [2.75, 3.05) is 6.54 Å². The minimum atomic E-state index is 0.689. The Labute approximate surface area is 137 Å². The van der Waals surface area contributed by atoms with Gasteiger partial charge in [0.15, 0.2) is 0 Å². The summed E-state index contributed by atoms with van der Waals surface area (Å²) in [6, 6.07) is 20.6. The number of benzene rings is 2. The highest BCUT2D eigenvalue weighted by Crippen LogP contribution is 2.20. The van der Waals surface area contributed by atoms with E-state index < -0.39 is 0 Å². The summed E-state index contributed by atoms with van der Waals surface area (Å²) in [6.07, 6.45) is 1.11. The predicted molar refractivity (Wildman–Crippen MR) is 93.0 cm³/mol. The molecule has 1 aromatic heterocycles. The highest BCUT2D eigenvalue weighted by Gasteiger charge is 2.12. The van der Waals surface area contributed by atoms with E-state index in [1.165, 1.54) is 5.56 Å². The molecule has 0 atom stereocenters. The first-order valence-electron chi connectivity index (χ1n) is 8.11. The summed E-state index contributed by atoms with van der Waals surface area (Å²) in [5.74, 6) is 0. The number of hydrogen-bond acceptors (Lipinski definition) is 3. The van der Waals surface area contributed by atoms with Crippen LogP contribution in [0.25, 0.3) is 11.3 Å². The van der Waals surface area contributed by atoms with E-state index in [-0.39, 0.29) is 0 Å². The molecule has 0 radical (unpaired) electrons. The zero-order valence-corrected chi connectivity index (χ0v) is 13.4. The third-order valence-corrected chi connectivity index (χ3v) is 3.66. The average molecular weight is 306 g/mol. The maximum Gasteiger partial charge on any atom is 0.117 e. The fraction of sp³-hybridized carbons (Fsp3) is 0.263. The molecule has 4 nitrogen and oxygen atoms in total. The van der Waals surface area contributed by atoms with Crippen LogP contribution in [-0.4, -0.2) is 21.5 Å². The van der Waals surface area contributed by atoms with Crippen molar-refractivity contribution in [3.8, 4) is 11.3 Å². The minimum Gasteiger partial charge on any atom is -0.311 e. The molecule has 0 aliphatic rings. The monoisotopic (exact) mass is 306 g/mol. The van der Waals surface area contributed by atoms with Gasteiger partial charge in [-0.2, -0.15) is 15.0 Å². The Morgan fingerprint density at radius 1 is 0.913 bits per heavy atom. The lowest BCUT2D eigenvalue weighted by atomic mass is 10.1. The van der Waals surface area contributed by atoms with E-state index in [0.29, 0.717) is 6.54 Å². The van der Waals surface area contributed by atoms with Crippen LogP contribution >= 0.6 is 0 Å². The maximum atomic E-state index is 4.72. The Kier molecular flexibility index (Phi) is 5.17. The second-order valence-electron chi connectivity index (χ2n) is 5.55. The molecular weight excluding hydrogens is 284 g/mol. The second-order valence-corrected chi connectivity index (χ2v) is 5.55. The molecule has 0 unspecified atom stereocenters. The molecule has 0 aliphatic carbocycles. The fourth-order valence-corrected chi connectivity index (χ4v) is 2.52. The molecule has 118 valence electrons. The highest BCUT2D eigenvalue weighted by molar-refractivity contribution is 5.60. The lowest BCUT2D eigenvalue weighted by Crippen LogP contribution is -2.15. The largest absolute Gasteiger partial charge is 0.311 e. The molecule has 0 saturated carbocycles. The van der Waals surface area contributed by atoms with Gasteiger partial charge in [-0.15, -0.1) is 0 Å². The normalized spacial score (nSPS) is 10.8. The van der Waals surface area contributed by atoms with Crippen molar-refractivity contribution in [1.29, 1.82) is 0 Å². The average Bonchev–Trinajstić information content (AvgIpc) is 2.99. The molecule has 4 heteroatoms. The first-order valence-corrected chi connectivity index (χ1v) is 8.11. The van der Waals surface area contributed by atoms with Crippen LogP contribution in [0.2, 0.25) is 0 Å². The summed E-state index contributed by atoms with van der Waals surface area (Å²) in [4.78, 5) is 1.79. The van der Waals surface area contributed by atoms with Gasteiger partial charge in [-0.3, -0.25) is 0 Å². The maximum absolute atomic E-state index is 4.72. The lowest BCUT2D eigenvalue weighted by Gasteiger charge is -2.02. The van der Waals surface area contributed by atoms with Crippen LogP contribution in [0.3, 0.4) is 0 Å². The standard InChI is InChI=1S/C19H22N4/c1-2-13-20-14-18-19(17-11-7-4-8-12-17)22-23(21-18)15-16-9-5-3-6-10-16/h3-12,20H,2,13-15H2,1H3. The molecule has 0 spiro atoms. The smallest absolute Gasteiger partial charge is 0.117 e. The van der Waals surface area contributed by atoms with Crippen LogP contribution in [0.15, 0.2) is 60.7 Å². The topological polar surface area (TPSA) is 42.7 Å². The number of rotatable bonds is 7. The van der Waals surface area contributed by atoms with E-state index in [9.17, 15) is 0 Å². The van der Waals surface area contributed by atoms with Crippen molar-refractivity contribution in [3.63, 3.8) is 0 Å². The van der Waals surface area contributed by atoms with Crippen molar-refractivity contribution in [2.45, 2.75) is 26.4 Å². The molecule has 0 amide bonds. The van der Waals surface area contributed by atoms with Crippen molar-refractivity contribution in [3.05, 3.63) is 71.9 Å². The molecule has 0 bridgehead atoms. The summed E-state index contributed by atoms with van der Waals surface area (Å²) < 4.78 is 0. The van der Waals surface area contributed by atoms with Crippen LogP contribution in [0, 0.1) is 0 Å². The first kappa shape index (κ1) is 15.4. The summed E-state index contributed by atoms with van der Waals surface area (Å²) in [5, 5.41) is 12.8. The van der Waals surface area contributed by atoms with E-state index in [4.69, 9.17) is 10.2 Å². The van der Waals surface area contributed by atoms with E-state index in [1.807, 2.05) is 36.4 Å². The Hall–Kier alpha value is -2.46. The summed E-state index contributed by atoms with van der Waals surface area (Å²) in [6.45, 7) is 4.58. The van der Waals surface area contributed by atoms with Crippen molar-refractivity contribution >= 4 is 0 Å². The number of nitrogens with zero attached hydrogens (tertiary/aromatic N) is 3. The van der Waals surface area contributed by atoms with E-state index in [1.54, 1.807) is 4.80 Å². The van der Waals surface area contributed by atoms with Crippen LogP contribution in [-0.2, 0) is 13.1 Å². The SMILES string of the molecule is CCCNCc1nn(Cc2ccccc2)nc1-c1ccccc1. The number of aromatic nitrogens is 3. The van der Waals surface area contributed by atoms with Crippen LogP contribution in [0.1, 0.15) is 24.6 Å². The van der Waals surface area contributed by atoms with Gasteiger partial charge >= 0.3 is 0 Å². The molecule has 1 N–H and O–H groups in total. The van der Waals surface area contributed by atoms with Crippen molar-refractivity contribution < 1.29 is 0 Å². The Bertz CT molecular complexity index is 720. The molecule has 3 rings (SSSR count). The highest BCUT2D eigenvalue weighted by atomic mass is 15.5. The van der Waals surface area contributed by atoms with Gasteiger partial charge in [0.2, 0.25) is 0 Å². The lowest BCUT2D eigenvalue weighted by molar-refractivity contribution is 0.576. The van der Waals surface area contributed by atoms with Crippen LogP contribution in [0.4, 0.5) is 0 Å². The molecule has 0 saturated heterocycles. The molecule has 3 aromatic rings. The summed E-state index contributed by atoms with van der Waals surface area (Å²) in [5.41, 5.74) is 4.28. The summed E-state index contributed by atoms with van der Waals surface area (Å²) in [7, 11) is 0. The van der Waals surface area contributed by atoms with E-state index in [0.717, 1.165) is 36.5 Å². The van der Waals surface area contributed by atoms with Gasteiger partial charge in [0.25, 0.3) is 0 Å². The minimum absolute atomic E-state index is 0.689. The van der Waals surface area contributed by atoms with E-state index >= 15 is 0 Å². The van der Waals surface area contributed by atoms with E-state index in [2.05, 4.69) is 36.5 Å². The van der Waals surface area contributed by atoms with Crippen molar-refractivity contribution in [2.24, 2.45) is 0 Å². The van der Waals surface area contributed by atoms with Gasteiger partial charge in [-0.25, -0.2) is 0 Å². The zero-order chi connectivity index (χ0) is 15.9. The Morgan fingerprint density at radius 2 is 1.61 bits per heavy atom. The quantitative estimate of drug-likeness (QED) is 0.679. The second kappa shape index (κ2) is 7.70. The third kappa shape index (κ3) is 4.05. The molecular formula is C19H22N4. The third-order valence-electron chi connectivity index (χ3n) is 3.66. The molecule has 23 heavy (non-hydrogen) atoms. The summed E-state index contributed by atoms with van der Waals surface area (Å²) >= 11 is 0. The molecule has 0 aliphatic heterocycles. The first-order chi connectivity index (χ1) is 11.4. The van der Waals surface area contributed by atoms with Gasteiger partial charge in [0, 0.05) is 12.1 Å². The van der Waals surface area contributed by atoms with Crippen LogP contribution < -0.4 is 5.32 Å². The zero-order valence-electron chi connectivity index (χ0n) is 13.4. The van der Waals surface area contributed by atoms with Gasteiger partial charge in [-0.1, -0.05) is 67.6 Å². The van der Waals surface area contributed by atoms with Gasteiger partial charge in [-0.05, 0) is 18.5 Å². The van der Waals surface area contributed by atoms with Gasteiger partial charge in [0.1, 0.15) is 11.4 Å². The Morgan fingerprint density at radius 3 is 2.30 bits per heavy atom. The van der Waals surface area contributed by atoms with Crippen molar-refractivity contribution in [1.82, 2.24) is 20.3 Å². The number of hydrogen-bond donors (Lipinski definition) is 1. The molecule has 0 fully saturated rings. The number of nitrogens with one attached hydrogen (secondary N) is 1. The van der Waals surface area contributed by atoms with Gasteiger partial charge < -0.3 is 5.32 Å². The fourth-order valence-electron chi connectivity index (χ4n) is 2.52.